The van der Waals surface area contributed by atoms with Crippen molar-refractivity contribution in [3.63, 3.8) is 0 Å². The Morgan fingerprint density at radius 3 is 2.45 bits per heavy atom. The first-order valence-corrected chi connectivity index (χ1v) is 10.5. The number of benzene rings is 2. The summed E-state index contributed by atoms with van der Waals surface area (Å²) in [6, 6.07) is 13.6. The van der Waals surface area contributed by atoms with Gasteiger partial charge in [0.15, 0.2) is 0 Å². The number of hydrogen-bond acceptors (Lipinski definition) is 5. The zero-order chi connectivity index (χ0) is 20.9. The Balaban J connectivity index is 1.69. The van der Waals surface area contributed by atoms with E-state index in [1.807, 2.05) is 6.07 Å². The molecule has 0 bridgehead atoms. The van der Waals surface area contributed by atoms with E-state index in [2.05, 4.69) is 15.6 Å². The molecule has 9 heteroatoms. The fraction of sp³-hybridized carbons (Fsp3) is 0.100. The maximum Gasteiger partial charge on any atom is 0.319 e. The van der Waals surface area contributed by atoms with Crippen LogP contribution in [0.1, 0.15) is 11.1 Å². The van der Waals surface area contributed by atoms with Gasteiger partial charge in [0.2, 0.25) is 9.84 Å². The predicted octanol–water partition coefficient (Wildman–Crippen LogP) is 3.35. The Kier molecular flexibility index (Phi) is 6.48. The van der Waals surface area contributed by atoms with Crippen LogP contribution in [0.2, 0.25) is 5.02 Å². The first-order chi connectivity index (χ1) is 13.9. The van der Waals surface area contributed by atoms with Crippen LogP contribution in [-0.4, -0.2) is 19.4 Å². The lowest BCUT2D eigenvalue weighted by Crippen LogP contribution is -2.28. The highest BCUT2D eigenvalue weighted by Gasteiger charge is 2.19. The number of nitrogens with two attached hydrogens (primary N) is 1. The number of carbonyl (C=O) groups excluding carboxylic acids is 1. The van der Waals surface area contributed by atoms with Gasteiger partial charge in [-0.2, -0.15) is 0 Å². The van der Waals surface area contributed by atoms with Gasteiger partial charge in [0, 0.05) is 36.2 Å². The number of sulfone groups is 1. The van der Waals surface area contributed by atoms with Crippen molar-refractivity contribution in [3.05, 3.63) is 83.1 Å². The second-order valence-corrected chi connectivity index (χ2v) is 8.58. The average Bonchev–Trinajstić information content (AvgIpc) is 2.73. The molecule has 150 valence electrons. The molecule has 7 nitrogen and oxygen atoms in total. The van der Waals surface area contributed by atoms with Crippen molar-refractivity contribution >= 4 is 33.2 Å². The van der Waals surface area contributed by atoms with Gasteiger partial charge < -0.3 is 16.4 Å². The molecule has 1 aromatic heterocycles. The standard InChI is InChI=1S/C20H19ClN4O3S/c21-16-8-15(11-22)9-19(10-16)29(27,28)18-5-3-17(4-6-18)25-20(26)24-13-14-2-1-7-23-12-14/h1-10,12H,11,13,22H2,(H2,24,25,26). The third-order valence-corrected chi connectivity index (χ3v) is 6.04. The molecule has 3 aromatic rings. The third-order valence-electron chi connectivity index (χ3n) is 4.08. The summed E-state index contributed by atoms with van der Waals surface area (Å²) in [4.78, 5) is 16.1. The van der Waals surface area contributed by atoms with Gasteiger partial charge >= 0.3 is 6.03 Å². The van der Waals surface area contributed by atoms with Gasteiger partial charge in [-0.3, -0.25) is 4.98 Å². The number of pyridine rings is 1. The summed E-state index contributed by atoms with van der Waals surface area (Å²) in [6.45, 7) is 0.504. The van der Waals surface area contributed by atoms with E-state index in [4.69, 9.17) is 17.3 Å². The molecule has 0 fully saturated rings. The van der Waals surface area contributed by atoms with E-state index in [-0.39, 0.29) is 16.3 Å². The van der Waals surface area contributed by atoms with E-state index in [1.54, 1.807) is 24.5 Å². The van der Waals surface area contributed by atoms with Crippen molar-refractivity contribution in [1.29, 1.82) is 0 Å². The van der Waals surface area contributed by atoms with Gasteiger partial charge in [-0.25, -0.2) is 13.2 Å². The number of urea groups is 1. The number of carbonyl (C=O) groups is 1. The summed E-state index contributed by atoms with van der Waals surface area (Å²) >= 11 is 6.00. The van der Waals surface area contributed by atoms with E-state index in [0.717, 1.165) is 5.56 Å². The molecule has 4 N–H and O–H groups in total. The van der Waals surface area contributed by atoms with Gasteiger partial charge in [0.1, 0.15) is 0 Å². The highest BCUT2D eigenvalue weighted by atomic mass is 35.5. The molecule has 0 saturated heterocycles. The molecule has 0 saturated carbocycles. The van der Waals surface area contributed by atoms with Gasteiger partial charge in [-0.05, 0) is 59.7 Å². The molecule has 0 atom stereocenters. The molecular weight excluding hydrogens is 412 g/mol. The maximum atomic E-state index is 12.8. The van der Waals surface area contributed by atoms with Crippen molar-refractivity contribution in [2.24, 2.45) is 5.73 Å². The van der Waals surface area contributed by atoms with Gasteiger partial charge in [0.25, 0.3) is 0 Å². The minimum atomic E-state index is -3.76. The van der Waals surface area contributed by atoms with E-state index in [9.17, 15) is 13.2 Å². The van der Waals surface area contributed by atoms with Crippen molar-refractivity contribution in [2.45, 2.75) is 22.9 Å². The number of halogens is 1. The monoisotopic (exact) mass is 430 g/mol. The molecule has 1 heterocycles. The van der Waals surface area contributed by atoms with E-state index in [0.29, 0.717) is 22.8 Å². The third kappa shape index (κ3) is 5.32. The summed E-state index contributed by atoms with van der Waals surface area (Å²) in [5.74, 6) is 0. The average molecular weight is 431 g/mol. The quantitative estimate of drug-likeness (QED) is 0.554. The topological polar surface area (TPSA) is 114 Å². The molecule has 29 heavy (non-hydrogen) atoms. The first-order valence-electron chi connectivity index (χ1n) is 8.67. The second kappa shape index (κ2) is 9.04. The van der Waals surface area contributed by atoms with Crippen molar-refractivity contribution < 1.29 is 13.2 Å². The van der Waals surface area contributed by atoms with E-state index >= 15 is 0 Å². The number of aromatic nitrogens is 1. The molecule has 0 aliphatic heterocycles. The van der Waals surface area contributed by atoms with Gasteiger partial charge in [0.05, 0.1) is 9.79 Å². The lowest BCUT2D eigenvalue weighted by molar-refractivity contribution is 0.251. The van der Waals surface area contributed by atoms with Crippen LogP contribution in [0.5, 0.6) is 0 Å². The van der Waals surface area contributed by atoms with Crippen LogP contribution in [0.4, 0.5) is 10.5 Å². The highest BCUT2D eigenvalue weighted by Crippen LogP contribution is 2.26. The molecular formula is C20H19ClN4O3S. The van der Waals surface area contributed by atoms with E-state index < -0.39 is 15.9 Å². The number of anilines is 1. The number of nitrogens with one attached hydrogen (secondary N) is 2. The summed E-state index contributed by atoms with van der Waals surface area (Å²) in [6.07, 6.45) is 3.31. The molecule has 3 rings (SSSR count). The van der Waals surface area contributed by atoms with Crippen LogP contribution >= 0.6 is 11.6 Å². The molecule has 0 spiro atoms. The van der Waals surface area contributed by atoms with Gasteiger partial charge in [-0.1, -0.05) is 17.7 Å². The lowest BCUT2D eigenvalue weighted by atomic mass is 10.2. The summed E-state index contributed by atoms with van der Waals surface area (Å²) in [5.41, 5.74) is 7.54. The Morgan fingerprint density at radius 1 is 1.03 bits per heavy atom. The Hall–Kier alpha value is -2.94. The molecule has 0 aliphatic rings. The lowest BCUT2D eigenvalue weighted by Gasteiger charge is -2.10. The van der Waals surface area contributed by atoms with E-state index in [1.165, 1.54) is 36.4 Å². The Morgan fingerprint density at radius 2 is 1.79 bits per heavy atom. The maximum absolute atomic E-state index is 12.8. The largest absolute Gasteiger partial charge is 0.334 e. The fourth-order valence-corrected chi connectivity index (χ4v) is 4.29. The molecule has 2 aromatic carbocycles. The Bertz CT molecular complexity index is 1100. The SMILES string of the molecule is NCc1cc(Cl)cc(S(=O)(=O)c2ccc(NC(=O)NCc3cccnc3)cc2)c1. The predicted molar refractivity (Wildman–Crippen MR) is 111 cm³/mol. The summed E-state index contributed by atoms with van der Waals surface area (Å²) in [5, 5.41) is 5.66. The van der Waals surface area contributed by atoms with Crippen LogP contribution in [0.15, 0.2) is 76.8 Å². The summed E-state index contributed by atoms with van der Waals surface area (Å²) in [7, 11) is -3.76. The number of amides is 2. The highest BCUT2D eigenvalue weighted by molar-refractivity contribution is 7.91. The van der Waals surface area contributed by atoms with Crippen molar-refractivity contribution in [1.82, 2.24) is 10.3 Å². The molecule has 0 radical (unpaired) electrons. The smallest absolute Gasteiger partial charge is 0.319 e. The number of rotatable bonds is 6. The minimum absolute atomic E-state index is 0.0698. The first kappa shape index (κ1) is 20.8. The van der Waals surface area contributed by atoms with Crippen LogP contribution in [0, 0.1) is 0 Å². The molecule has 0 unspecified atom stereocenters. The van der Waals surface area contributed by atoms with Crippen LogP contribution < -0.4 is 16.4 Å². The minimum Gasteiger partial charge on any atom is -0.334 e. The van der Waals surface area contributed by atoms with Crippen LogP contribution in [-0.2, 0) is 22.9 Å². The Labute approximate surface area is 173 Å². The zero-order valence-corrected chi connectivity index (χ0v) is 16.9. The number of nitrogens with zero attached hydrogens (tertiary/aromatic N) is 1. The van der Waals surface area contributed by atoms with Crippen molar-refractivity contribution in [2.75, 3.05) is 5.32 Å². The van der Waals surface area contributed by atoms with Crippen LogP contribution in [0.3, 0.4) is 0 Å². The van der Waals surface area contributed by atoms with Crippen LogP contribution in [0.25, 0.3) is 0 Å². The second-order valence-electron chi connectivity index (χ2n) is 6.20. The van der Waals surface area contributed by atoms with Gasteiger partial charge in [-0.15, -0.1) is 0 Å². The van der Waals surface area contributed by atoms with Crippen molar-refractivity contribution in [3.8, 4) is 0 Å². The zero-order valence-electron chi connectivity index (χ0n) is 15.3. The molecule has 2 amide bonds. The fourth-order valence-electron chi connectivity index (χ4n) is 2.61. The normalized spacial score (nSPS) is 11.1. The number of hydrogen-bond donors (Lipinski definition) is 3. The summed E-state index contributed by atoms with van der Waals surface area (Å²) < 4.78 is 25.7. The molecule has 0 aliphatic carbocycles.